The van der Waals surface area contributed by atoms with Crippen LogP contribution in [-0.4, -0.2) is 30.3 Å². The summed E-state index contributed by atoms with van der Waals surface area (Å²) >= 11 is 0. The molecule has 7 nitrogen and oxygen atoms in total. The number of nitrogens with one attached hydrogen (secondary N) is 2. The molecule has 0 unspecified atom stereocenters. The molecule has 2 aromatic heterocycles. The van der Waals surface area contributed by atoms with Crippen LogP contribution in [0.1, 0.15) is 35.3 Å². The second-order valence-electron chi connectivity index (χ2n) is 8.32. The van der Waals surface area contributed by atoms with Gasteiger partial charge in [-0.2, -0.15) is 0 Å². The van der Waals surface area contributed by atoms with Crippen molar-refractivity contribution in [3.8, 4) is 11.4 Å². The first kappa shape index (κ1) is 23.5. The van der Waals surface area contributed by atoms with Crippen molar-refractivity contribution in [3.05, 3.63) is 95.7 Å². The number of benzene rings is 2. The van der Waals surface area contributed by atoms with Gasteiger partial charge in [-0.05, 0) is 49.2 Å². The molecule has 0 atom stereocenters. The summed E-state index contributed by atoms with van der Waals surface area (Å²) in [5.41, 5.74) is 4.12. The lowest BCUT2D eigenvalue weighted by Crippen LogP contribution is -2.31. The van der Waals surface area contributed by atoms with Crippen LogP contribution in [0.15, 0.2) is 79.0 Å². The number of hydrogen-bond donors (Lipinski definition) is 2. The lowest BCUT2D eigenvalue weighted by molar-refractivity contribution is 0.0952. The van der Waals surface area contributed by atoms with E-state index in [0.717, 1.165) is 16.5 Å². The maximum atomic E-state index is 13.1. The Hall–Kier alpha value is -3.62. The minimum atomic E-state index is -3.39. The minimum Gasteiger partial charge on any atom is -0.348 e. The summed E-state index contributed by atoms with van der Waals surface area (Å²) in [6.45, 7) is 3.88. The second kappa shape index (κ2) is 10.1. The molecule has 174 valence electrons. The minimum absolute atomic E-state index is 0.0862. The van der Waals surface area contributed by atoms with Gasteiger partial charge in [0.1, 0.15) is 0 Å². The summed E-state index contributed by atoms with van der Waals surface area (Å²) in [6, 6.07) is 21.9. The number of carbonyl (C=O) groups excluding carboxylic acids is 1. The number of hydrogen-bond acceptors (Lipinski definition) is 5. The first-order chi connectivity index (χ1) is 16.3. The Balaban J connectivity index is 1.50. The van der Waals surface area contributed by atoms with E-state index in [1.807, 2.05) is 54.6 Å². The normalized spacial score (nSPS) is 11.6. The largest absolute Gasteiger partial charge is 0.348 e. The smallest absolute Gasteiger partial charge is 0.252 e. The standard InChI is InChI=1S/C26H26N4O3S/c1-18(2)30-34(32,33)17-20-12-10-19(11-13-20)16-28-26(31)22-15-25(24-9-5-6-14-27-24)29-23-8-4-3-7-21(22)23/h3-15,18,30H,16-17H2,1-2H3,(H,28,31). The maximum absolute atomic E-state index is 13.1. The molecule has 8 heteroatoms. The SMILES string of the molecule is CC(C)NS(=O)(=O)Cc1ccc(CNC(=O)c2cc(-c3ccccn3)nc3ccccc23)cc1. The predicted octanol–water partition coefficient (Wildman–Crippen LogP) is 4.05. The van der Waals surface area contributed by atoms with Gasteiger partial charge in [-0.1, -0.05) is 48.5 Å². The molecule has 0 aliphatic heterocycles. The fourth-order valence-corrected chi connectivity index (χ4v) is 5.09. The lowest BCUT2D eigenvalue weighted by Gasteiger charge is -2.11. The molecule has 0 spiro atoms. The van der Waals surface area contributed by atoms with Crippen LogP contribution in [0.25, 0.3) is 22.3 Å². The molecule has 0 fully saturated rings. The van der Waals surface area contributed by atoms with Crippen molar-refractivity contribution in [1.29, 1.82) is 0 Å². The molecule has 0 radical (unpaired) electrons. The fraction of sp³-hybridized carbons (Fsp3) is 0.192. The molecule has 2 heterocycles. The molecule has 4 aromatic rings. The number of nitrogens with zero attached hydrogens (tertiary/aromatic N) is 2. The van der Waals surface area contributed by atoms with Crippen molar-refractivity contribution in [1.82, 2.24) is 20.0 Å². The monoisotopic (exact) mass is 474 g/mol. The molecular weight excluding hydrogens is 448 g/mol. The molecule has 34 heavy (non-hydrogen) atoms. The Morgan fingerprint density at radius 3 is 2.32 bits per heavy atom. The molecule has 0 saturated carbocycles. The van der Waals surface area contributed by atoms with Crippen LogP contribution in [0.4, 0.5) is 0 Å². The topological polar surface area (TPSA) is 101 Å². The number of sulfonamides is 1. The molecule has 0 saturated heterocycles. The lowest BCUT2D eigenvalue weighted by atomic mass is 10.1. The van der Waals surface area contributed by atoms with E-state index in [-0.39, 0.29) is 17.7 Å². The van der Waals surface area contributed by atoms with Crippen molar-refractivity contribution in [2.24, 2.45) is 0 Å². The second-order valence-corrected chi connectivity index (χ2v) is 10.1. The van der Waals surface area contributed by atoms with Gasteiger partial charge in [0, 0.05) is 24.2 Å². The van der Waals surface area contributed by atoms with Gasteiger partial charge in [0.2, 0.25) is 10.0 Å². The van der Waals surface area contributed by atoms with Gasteiger partial charge in [-0.3, -0.25) is 9.78 Å². The van der Waals surface area contributed by atoms with Crippen molar-refractivity contribution >= 4 is 26.8 Å². The van der Waals surface area contributed by atoms with Gasteiger partial charge in [0.25, 0.3) is 5.91 Å². The van der Waals surface area contributed by atoms with Crippen molar-refractivity contribution in [2.45, 2.75) is 32.2 Å². The third-order valence-corrected chi connectivity index (χ3v) is 6.68. The molecule has 0 bridgehead atoms. The third-order valence-electron chi connectivity index (χ3n) is 5.14. The van der Waals surface area contributed by atoms with Crippen LogP contribution in [-0.2, 0) is 22.3 Å². The zero-order valence-electron chi connectivity index (χ0n) is 19.0. The highest BCUT2D eigenvalue weighted by Crippen LogP contribution is 2.23. The number of amides is 1. The molecule has 1 amide bonds. The number of para-hydroxylation sites is 1. The Labute approximate surface area is 199 Å². The quantitative estimate of drug-likeness (QED) is 0.401. The number of aromatic nitrogens is 2. The van der Waals surface area contributed by atoms with Gasteiger partial charge < -0.3 is 5.32 Å². The summed E-state index contributed by atoms with van der Waals surface area (Å²) in [4.78, 5) is 22.2. The average molecular weight is 475 g/mol. The molecule has 0 aliphatic rings. The number of fused-ring (bicyclic) bond motifs is 1. The van der Waals surface area contributed by atoms with E-state index in [1.165, 1.54) is 0 Å². The molecule has 0 aliphatic carbocycles. The van der Waals surface area contributed by atoms with E-state index in [4.69, 9.17) is 0 Å². The molecule has 2 aromatic carbocycles. The van der Waals surface area contributed by atoms with Crippen molar-refractivity contribution < 1.29 is 13.2 Å². The van der Waals surface area contributed by atoms with E-state index < -0.39 is 10.0 Å². The number of pyridine rings is 2. The van der Waals surface area contributed by atoms with Gasteiger partial charge in [-0.25, -0.2) is 18.1 Å². The maximum Gasteiger partial charge on any atom is 0.252 e. The summed E-state index contributed by atoms with van der Waals surface area (Å²) in [5, 5.41) is 3.72. The van der Waals surface area contributed by atoms with E-state index in [9.17, 15) is 13.2 Å². The van der Waals surface area contributed by atoms with Crippen LogP contribution >= 0.6 is 0 Å². The van der Waals surface area contributed by atoms with Crippen LogP contribution in [0.3, 0.4) is 0 Å². The highest BCUT2D eigenvalue weighted by Gasteiger charge is 2.15. The van der Waals surface area contributed by atoms with Crippen LogP contribution in [0, 0.1) is 0 Å². The Morgan fingerprint density at radius 2 is 1.62 bits per heavy atom. The predicted molar refractivity (Wildman–Crippen MR) is 133 cm³/mol. The van der Waals surface area contributed by atoms with E-state index in [2.05, 4.69) is 20.0 Å². The molecule has 2 N–H and O–H groups in total. The van der Waals surface area contributed by atoms with Crippen LogP contribution in [0.5, 0.6) is 0 Å². The molecule has 4 rings (SSSR count). The van der Waals surface area contributed by atoms with Gasteiger partial charge >= 0.3 is 0 Å². The fourth-order valence-electron chi connectivity index (χ4n) is 3.66. The van der Waals surface area contributed by atoms with E-state index >= 15 is 0 Å². The summed E-state index contributed by atoms with van der Waals surface area (Å²) in [6.07, 6.45) is 1.69. The zero-order valence-corrected chi connectivity index (χ0v) is 19.8. The van der Waals surface area contributed by atoms with Crippen molar-refractivity contribution in [3.63, 3.8) is 0 Å². The highest BCUT2D eigenvalue weighted by atomic mass is 32.2. The van der Waals surface area contributed by atoms with E-state index in [0.29, 0.717) is 29.1 Å². The van der Waals surface area contributed by atoms with Crippen LogP contribution in [0.2, 0.25) is 0 Å². The zero-order chi connectivity index (χ0) is 24.1. The van der Waals surface area contributed by atoms with E-state index in [1.54, 1.807) is 38.2 Å². The number of rotatable bonds is 8. The van der Waals surface area contributed by atoms with Gasteiger partial charge in [0.15, 0.2) is 0 Å². The Kier molecular flexibility index (Phi) is 7.00. The first-order valence-corrected chi connectivity index (χ1v) is 12.6. The first-order valence-electron chi connectivity index (χ1n) is 11.0. The van der Waals surface area contributed by atoms with Gasteiger partial charge in [0.05, 0.1) is 28.2 Å². The Bertz CT molecular complexity index is 1400. The Morgan fingerprint density at radius 1 is 0.912 bits per heavy atom. The summed E-state index contributed by atoms with van der Waals surface area (Å²) < 4.78 is 26.8. The summed E-state index contributed by atoms with van der Waals surface area (Å²) in [5.74, 6) is -0.305. The highest BCUT2D eigenvalue weighted by molar-refractivity contribution is 7.88. The average Bonchev–Trinajstić information content (AvgIpc) is 2.82. The summed E-state index contributed by atoms with van der Waals surface area (Å²) in [7, 11) is -3.39. The van der Waals surface area contributed by atoms with Crippen LogP contribution < -0.4 is 10.0 Å². The third kappa shape index (κ3) is 5.84. The van der Waals surface area contributed by atoms with Crippen molar-refractivity contribution in [2.75, 3.05) is 0 Å². The molecular formula is C26H26N4O3S. The van der Waals surface area contributed by atoms with Gasteiger partial charge in [-0.15, -0.1) is 0 Å². The number of carbonyl (C=O) groups is 1.